The average Bonchev–Trinajstić information content (AvgIpc) is 0.722. The Bertz CT molecular complexity index is 34.0. The molecule has 0 amide bonds. The molecule has 0 saturated carbocycles. The van der Waals surface area contributed by atoms with Gasteiger partial charge in [-0.05, 0) is 0 Å². The molecule has 4 nitrogen and oxygen atoms in total. The van der Waals surface area contributed by atoms with Crippen LogP contribution >= 0.6 is 0 Å². The predicted molar refractivity (Wildman–Crippen MR) is 46.0 cm³/mol. The van der Waals surface area contributed by atoms with Crippen molar-refractivity contribution in [1.29, 1.82) is 0 Å². The van der Waals surface area contributed by atoms with E-state index in [2.05, 4.69) is 0 Å². The van der Waals surface area contributed by atoms with Crippen LogP contribution in [-0.4, -0.2) is 156 Å². The van der Waals surface area contributed by atoms with Crippen LogP contribution in [0.5, 0.6) is 0 Å². The molecule has 0 atom stereocenters. The Balaban J connectivity index is -0.0000000133. The fourth-order valence-corrected chi connectivity index (χ4v) is 0. The van der Waals surface area contributed by atoms with Crippen molar-refractivity contribution in [3.8, 4) is 0 Å². The molecule has 0 aliphatic heterocycles. The van der Waals surface area contributed by atoms with Crippen molar-refractivity contribution in [3.05, 3.63) is 0 Å². The zero-order valence-electron chi connectivity index (χ0n) is 2.29. The molecule has 0 spiro atoms. The minimum absolute atomic E-state index is 0. The second-order valence-corrected chi connectivity index (χ2v) is 1.80. The first-order valence-corrected chi connectivity index (χ1v) is 2.68. The molecule has 4 N–H and O–H groups in total. The van der Waals surface area contributed by atoms with Crippen LogP contribution in [0.25, 0.3) is 0 Å². The summed E-state index contributed by atoms with van der Waals surface area (Å²) in [5.74, 6) is 0. The molecule has 0 saturated heterocycles. The van der Waals surface area contributed by atoms with Gasteiger partial charge in [0.15, 0.2) is 17.4 Å². The SMILES string of the molecule is O[Si](O)(O)O.[AlH3].[KH].[NaH].[NaH]. The van der Waals surface area contributed by atoms with Gasteiger partial charge < -0.3 is 19.2 Å². The minimum atomic E-state index is -4.61. The second kappa shape index (κ2) is 14.7. The van der Waals surface area contributed by atoms with Gasteiger partial charge in [-0.2, -0.15) is 0 Å². The molecule has 0 aliphatic rings. The normalized spacial score (nSPS) is 6.67. The van der Waals surface area contributed by atoms with E-state index in [0.29, 0.717) is 0 Å². The van der Waals surface area contributed by atoms with Gasteiger partial charge in [0.1, 0.15) is 0 Å². The van der Waals surface area contributed by atoms with Crippen LogP contribution in [0.4, 0.5) is 0 Å². The van der Waals surface area contributed by atoms with Crippen LogP contribution in [0, 0.1) is 0 Å². The summed E-state index contributed by atoms with van der Waals surface area (Å²) in [4.78, 5) is 29.3. The first-order valence-electron chi connectivity index (χ1n) is 0.894. The Morgan fingerprint density at radius 1 is 0.778 bits per heavy atom. The fraction of sp³-hybridized carbons (Fsp3) is 0. The fourth-order valence-electron chi connectivity index (χ4n) is 0. The molecule has 0 aromatic heterocycles. The van der Waals surface area contributed by atoms with E-state index in [9.17, 15) is 0 Å². The van der Waals surface area contributed by atoms with E-state index in [4.69, 9.17) is 19.2 Å². The van der Waals surface area contributed by atoms with Crippen LogP contribution in [0.1, 0.15) is 0 Å². The van der Waals surface area contributed by atoms with Gasteiger partial charge in [0.25, 0.3) is 0 Å². The van der Waals surface area contributed by atoms with Crippen LogP contribution in [-0.2, 0) is 0 Å². The molecular formula is H10AlKNa2O4Si. The van der Waals surface area contributed by atoms with Crippen molar-refractivity contribution in [1.82, 2.24) is 0 Å². The molecule has 0 unspecified atom stereocenters. The van der Waals surface area contributed by atoms with E-state index in [-0.39, 0.29) is 128 Å². The van der Waals surface area contributed by atoms with Crippen molar-refractivity contribution in [2.45, 2.75) is 0 Å². The topological polar surface area (TPSA) is 80.9 Å². The van der Waals surface area contributed by atoms with E-state index in [0.717, 1.165) is 0 Å². The summed E-state index contributed by atoms with van der Waals surface area (Å²) >= 11 is 0. The number of rotatable bonds is 0. The zero-order valence-corrected chi connectivity index (χ0v) is 3.29. The summed E-state index contributed by atoms with van der Waals surface area (Å²) in [6.45, 7) is 0. The average molecular weight is 214 g/mol. The standard InChI is InChI=1S/Al.K.2Na.H4O4Si.6H/c;;;;1-5(2,3)4;;;;;;/h;;;;1-4H;;;;;;. The van der Waals surface area contributed by atoms with E-state index in [1.165, 1.54) is 0 Å². The molecule has 0 aliphatic carbocycles. The predicted octanol–water partition coefficient (Wildman–Crippen LogP) is -5.74. The van der Waals surface area contributed by atoms with Crippen LogP contribution < -0.4 is 0 Å². The van der Waals surface area contributed by atoms with E-state index in [1.807, 2.05) is 0 Å². The van der Waals surface area contributed by atoms with E-state index < -0.39 is 9.05 Å². The number of hydrogen-bond donors (Lipinski definition) is 4. The zero-order chi connectivity index (χ0) is 4.50. The third-order valence-electron chi connectivity index (χ3n) is 0. The van der Waals surface area contributed by atoms with Crippen LogP contribution in [0.15, 0.2) is 0 Å². The molecular weight excluding hydrogens is 204 g/mol. The maximum absolute atomic E-state index is 7.33. The van der Waals surface area contributed by atoms with Crippen LogP contribution in [0.2, 0.25) is 0 Å². The Labute approximate surface area is 152 Å². The summed E-state index contributed by atoms with van der Waals surface area (Å²) < 4.78 is 0. The summed E-state index contributed by atoms with van der Waals surface area (Å²) in [7, 11) is -4.61. The van der Waals surface area contributed by atoms with Gasteiger partial charge in [-0.15, -0.1) is 0 Å². The van der Waals surface area contributed by atoms with Crippen molar-refractivity contribution in [2.24, 2.45) is 0 Å². The molecule has 0 fully saturated rings. The molecule has 0 aromatic rings. The van der Waals surface area contributed by atoms with Gasteiger partial charge in [0, 0.05) is 0 Å². The quantitative estimate of drug-likeness (QED) is 0.303. The van der Waals surface area contributed by atoms with Crippen molar-refractivity contribution >= 4 is 137 Å². The Morgan fingerprint density at radius 3 is 0.778 bits per heavy atom. The first kappa shape index (κ1) is 29.2. The molecule has 0 radical (unpaired) electrons. The molecule has 0 aromatic carbocycles. The molecule has 0 heterocycles. The number of hydrogen-bond acceptors (Lipinski definition) is 4. The molecule has 44 valence electrons. The summed E-state index contributed by atoms with van der Waals surface area (Å²) in [6.07, 6.45) is 0. The Kier molecular flexibility index (Phi) is 47.8. The van der Waals surface area contributed by atoms with Gasteiger partial charge in [-0.1, -0.05) is 0 Å². The molecule has 0 bridgehead atoms. The summed E-state index contributed by atoms with van der Waals surface area (Å²) in [6, 6.07) is 0. The maximum atomic E-state index is 7.33. The van der Waals surface area contributed by atoms with Gasteiger partial charge >= 0.3 is 120 Å². The Hall–Kier alpha value is 4.23. The van der Waals surface area contributed by atoms with Crippen molar-refractivity contribution in [3.63, 3.8) is 0 Å². The monoisotopic (exact) mass is 214 g/mol. The van der Waals surface area contributed by atoms with Gasteiger partial charge in [-0.25, -0.2) is 0 Å². The molecule has 0 rings (SSSR count). The van der Waals surface area contributed by atoms with Gasteiger partial charge in [-0.3, -0.25) is 0 Å². The Morgan fingerprint density at radius 2 is 0.778 bits per heavy atom. The van der Waals surface area contributed by atoms with Gasteiger partial charge in [0.05, 0.1) is 0 Å². The van der Waals surface area contributed by atoms with Crippen molar-refractivity contribution < 1.29 is 19.2 Å². The third kappa shape index (κ3) is 71.6. The molecule has 9 heavy (non-hydrogen) atoms. The summed E-state index contributed by atoms with van der Waals surface area (Å²) in [5.41, 5.74) is 0. The molecule has 9 heteroatoms. The van der Waals surface area contributed by atoms with Crippen molar-refractivity contribution in [2.75, 3.05) is 0 Å². The van der Waals surface area contributed by atoms with E-state index in [1.54, 1.807) is 0 Å². The second-order valence-electron chi connectivity index (χ2n) is 0.600. The third-order valence-corrected chi connectivity index (χ3v) is 0. The summed E-state index contributed by atoms with van der Waals surface area (Å²) in [5, 5.41) is 0. The van der Waals surface area contributed by atoms with E-state index >= 15 is 0 Å². The van der Waals surface area contributed by atoms with Crippen LogP contribution in [0.3, 0.4) is 0 Å². The van der Waals surface area contributed by atoms with Gasteiger partial charge in [0.2, 0.25) is 0 Å². The first-order chi connectivity index (χ1) is 2.00.